The minimum Gasteiger partial charge on any atom is -0.484 e. The Kier molecular flexibility index (Phi) is 3.71. The molecule has 6 nitrogen and oxygen atoms in total. The van der Waals surface area contributed by atoms with Crippen molar-refractivity contribution in [3.8, 4) is 5.75 Å². The fraction of sp³-hybridized carbons (Fsp3) is 0.750. The van der Waals surface area contributed by atoms with E-state index in [1.165, 1.54) is 0 Å². The van der Waals surface area contributed by atoms with Crippen molar-refractivity contribution in [1.82, 2.24) is 0 Å². The van der Waals surface area contributed by atoms with E-state index in [1.54, 1.807) is 11.3 Å². The van der Waals surface area contributed by atoms with Crippen LogP contribution in [0.4, 0.5) is 0 Å². The first kappa shape index (κ1) is 15.8. The van der Waals surface area contributed by atoms with Gasteiger partial charge in [-0.2, -0.15) is 0 Å². The molecule has 0 radical (unpaired) electrons. The summed E-state index contributed by atoms with van der Waals surface area (Å²) in [7, 11) is 0. The van der Waals surface area contributed by atoms with Gasteiger partial charge in [-0.3, -0.25) is 0 Å². The van der Waals surface area contributed by atoms with E-state index in [2.05, 4.69) is 0 Å². The SMILES string of the molecule is CC1(C)O[C@H]2O[C@H]([C@H]3COC(C)(C)O3)[C@H](Oc3ccsc3)[C@H]2O1. The normalized spacial score (nSPS) is 41.1. The Morgan fingerprint density at radius 1 is 1.09 bits per heavy atom. The minimum atomic E-state index is -0.678. The lowest BCUT2D eigenvalue weighted by Crippen LogP contribution is -2.45. The summed E-state index contributed by atoms with van der Waals surface area (Å²) in [6.07, 6.45) is -1.57. The molecule has 0 amide bonds. The summed E-state index contributed by atoms with van der Waals surface area (Å²) in [5.74, 6) is -0.483. The number of rotatable bonds is 3. The third-order valence-electron chi connectivity index (χ3n) is 4.19. The van der Waals surface area contributed by atoms with E-state index >= 15 is 0 Å². The van der Waals surface area contributed by atoms with Crippen LogP contribution >= 0.6 is 11.3 Å². The zero-order valence-electron chi connectivity index (χ0n) is 13.7. The van der Waals surface area contributed by atoms with Gasteiger partial charge in [0.2, 0.25) is 0 Å². The summed E-state index contributed by atoms with van der Waals surface area (Å²) in [5, 5.41) is 3.94. The molecule has 0 aromatic carbocycles. The van der Waals surface area contributed by atoms with Crippen molar-refractivity contribution in [2.24, 2.45) is 0 Å². The van der Waals surface area contributed by atoms with Gasteiger partial charge < -0.3 is 28.4 Å². The smallest absolute Gasteiger partial charge is 0.191 e. The Balaban J connectivity index is 1.56. The van der Waals surface area contributed by atoms with Crippen LogP contribution < -0.4 is 4.74 Å². The Bertz CT molecular complexity index is 557. The van der Waals surface area contributed by atoms with Crippen molar-refractivity contribution in [3.05, 3.63) is 16.8 Å². The molecule has 23 heavy (non-hydrogen) atoms. The van der Waals surface area contributed by atoms with Crippen LogP contribution in [0.1, 0.15) is 27.7 Å². The maximum atomic E-state index is 6.16. The second-order valence-corrected chi connectivity index (χ2v) is 7.76. The molecule has 1 aromatic rings. The molecular weight excluding hydrogens is 320 g/mol. The van der Waals surface area contributed by atoms with Gasteiger partial charge in [0.05, 0.1) is 6.61 Å². The van der Waals surface area contributed by atoms with E-state index in [0.717, 1.165) is 5.75 Å². The molecule has 7 heteroatoms. The number of thiophene rings is 1. The number of hydrogen-bond acceptors (Lipinski definition) is 7. The van der Waals surface area contributed by atoms with Gasteiger partial charge >= 0.3 is 0 Å². The Morgan fingerprint density at radius 2 is 1.91 bits per heavy atom. The second-order valence-electron chi connectivity index (χ2n) is 6.98. The topological polar surface area (TPSA) is 55.4 Å². The van der Waals surface area contributed by atoms with Crippen LogP contribution in [-0.2, 0) is 23.7 Å². The molecule has 3 saturated heterocycles. The van der Waals surface area contributed by atoms with Gasteiger partial charge in [0, 0.05) is 5.38 Å². The third-order valence-corrected chi connectivity index (χ3v) is 4.85. The molecule has 4 heterocycles. The Hall–Kier alpha value is -0.700. The van der Waals surface area contributed by atoms with Gasteiger partial charge in [-0.15, -0.1) is 11.3 Å². The molecule has 0 unspecified atom stereocenters. The predicted molar refractivity (Wildman–Crippen MR) is 82.3 cm³/mol. The van der Waals surface area contributed by atoms with E-state index in [0.29, 0.717) is 6.61 Å². The van der Waals surface area contributed by atoms with Crippen molar-refractivity contribution >= 4 is 11.3 Å². The third kappa shape index (κ3) is 3.01. The van der Waals surface area contributed by atoms with Gasteiger partial charge in [0.25, 0.3) is 0 Å². The second kappa shape index (κ2) is 5.40. The van der Waals surface area contributed by atoms with Gasteiger partial charge in [-0.25, -0.2) is 0 Å². The highest BCUT2D eigenvalue weighted by molar-refractivity contribution is 7.08. The first-order chi connectivity index (χ1) is 10.8. The van der Waals surface area contributed by atoms with Gasteiger partial charge in [-0.1, -0.05) is 0 Å². The summed E-state index contributed by atoms with van der Waals surface area (Å²) < 4.78 is 35.7. The molecule has 0 aliphatic carbocycles. The van der Waals surface area contributed by atoms with Crippen molar-refractivity contribution in [2.45, 2.75) is 70.0 Å². The van der Waals surface area contributed by atoms with Gasteiger partial charge in [0.15, 0.2) is 30.1 Å². The van der Waals surface area contributed by atoms with E-state index in [1.807, 2.05) is 44.5 Å². The van der Waals surface area contributed by atoms with E-state index in [9.17, 15) is 0 Å². The highest BCUT2D eigenvalue weighted by Gasteiger charge is 2.59. The number of hydrogen-bond donors (Lipinski definition) is 0. The molecule has 3 aliphatic heterocycles. The highest BCUT2D eigenvalue weighted by atomic mass is 32.1. The maximum Gasteiger partial charge on any atom is 0.191 e. The van der Waals surface area contributed by atoms with Crippen molar-refractivity contribution in [2.75, 3.05) is 6.61 Å². The lowest BCUT2D eigenvalue weighted by atomic mass is 10.1. The van der Waals surface area contributed by atoms with Crippen LogP contribution in [0.3, 0.4) is 0 Å². The van der Waals surface area contributed by atoms with Gasteiger partial charge in [-0.05, 0) is 39.1 Å². The molecule has 0 spiro atoms. The quantitative estimate of drug-likeness (QED) is 0.841. The molecule has 0 N–H and O–H groups in total. The van der Waals surface area contributed by atoms with E-state index in [4.69, 9.17) is 28.4 Å². The average molecular weight is 342 g/mol. The summed E-state index contributed by atoms with van der Waals surface area (Å²) in [6, 6.07) is 1.94. The first-order valence-electron chi connectivity index (χ1n) is 7.85. The van der Waals surface area contributed by atoms with E-state index in [-0.39, 0.29) is 24.4 Å². The standard InChI is InChI=1S/C16H22O6S/c1-15(2)17-7-10(20-15)11-12(18-9-5-6-23-8-9)13-14(19-11)22-16(3,4)21-13/h5-6,8,10-14H,7H2,1-4H3/t10-,11-,12+,13-,14-/m1/s1. The highest BCUT2D eigenvalue weighted by Crippen LogP contribution is 2.42. The molecule has 4 rings (SSSR count). The predicted octanol–water partition coefficient (Wildman–Crippen LogP) is 2.52. The summed E-state index contributed by atoms with van der Waals surface area (Å²) in [4.78, 5) is 0. The molecule has 0 saturated carbocycles. The molecule has 0 bridgehead atoms. The molecule has 1 aromatic heterocycles. The number of ether oxygens (including phenoxy) is 6. The first-order valence-corrected chi connectivity index (χ1v) is 8.79. The average Bonchev–Trinajstić information content (AvgIpc) is 3.17. The summed E-state index contributed by atoms with van der Waals surface area (Å²) in [5.41, 5.74) is 0. The van der Waals surface area contributed by atoms with Crippen LogP contribution in [0.2, 0.25) is 0 Å². The maximum absolute atomic E-state index is 6.16. The van der Waals surface area contributed by atoms with Crippen molar-refractivity contribution in [1.29, 1.82) is 0 Å². The van der Waals surface area contributed by atoms with Crippen LogP contribution in [0.5, 0.6) is 5.75 Å². The monoisotopic (exact) mass is 342 g/mol. The fourth-order valence-corrected chi connectivity index (χ4v) is 3.85. The Labute approximate surface area is 139 Å². The van der Waals surface area contributed by atoms with Crippen molar-refractivity contribution < 1.29 is 28.4 Å². The summed E-state index contributed by atoms with van der Waals surface area (Å²) in [6.45, 7) is 8.01. The largest absolute Gasteiger partial charge is 0.484 e. The number of fused-ring (bicyclic) bond motifs is 1. The van der Waals surface area contributed by atoms with E-state index < -0.39 is 17.9 Å². The molecule has 3 fully saturated rings. The lowest BCUT2D eigenvalue weighted by molar-refractivity contribution is -0.230. The van der Waals surface area contributed by atoms with Crippen LogP contribution in [0, 0.1) is 0 Å². The van der Waals surface area contributed by atoms with Crippen LogP contribution in [-0.4, -0.2) is 48.9 Å². The molecule has 5 atom stereocenters. The molecule has 128 valence electrons. The minimum absolute atomic E-state index is 0.213. The Morgan fingerprint density at radius 3 is 2.57 bits per heavy atom. The van der Waals surface area contributed by atoms with Crippen LogP contribution in [0.15, 0.2) is 16.8 Å². The van der Waals surface area contributed by atoms with Crippen molar-refractivity contribution in [3.63, 3.8) is 0 Å². The zero-order valence-corrected chi connectivity index (χ0v) is 14.5. The lowest BCUT2D eigenvalue weighted by Gasteiger charge is -2.29. The zero-order chi connectivity index (χ0) is 16.2. The molecule has 3 aliphatic rings. The van der Waals surface area contributed by atoms with Crippen LogP contribution in [0.25, 0.3) is 0 Å². The van der Waals surface area contributed by atoms with Gasteiger partial charge in [0.1, 0.15) is 18.0 Å². The fourth-order valence-electron chi connectivity index (χ4n) is 3.29. The molecular formula is C16H22O6S. The summed E-state index contributed by atoms with van der Waals surface area (Å²) >= 11 is 1.59.